The molecule has 1 N–H and O–H groups in total. The Morgan fingerprint density at radius 1 is 1.21 bits per heavy atom. The quantitative estimate of drug-likeness (QED) is 0.424. The molecule has 1 saturated heterocycles. The van der Waals surface area contributed by atoms with Crippen LogP contribution in [0.4, 0.5) is 25.1 Å². The third kappa shape index (κ3) is 3.94. The number of nitrogens with one attached hydrogen (secondary N) is 1. The molecule has 1 aliphatic heterocycles. The van der Waals surface area contributed by atoms with E-state index in [1.165, 1.54) is 12.4 Å². The molecule has 0 atom stereocenters. The first kappa shape index (κ1) is 22.8. The molecule has 2 fully saturated rings. The molecule has 9 heteroatoms. The molecule has 1 amide bonds. The van der Waals surface area contributed by atoms with Crippen LogP contribution in [0.25, 0.3) is 10.9 Å². The Hall–Kier alpha value is -3.00. The van der Waals surface area contributed by atoms with E-state index in [2.05, 4.69) is 15.3 Å². The highest BCUT2D eigenvalue weighted by Crippen LogP contribution is 2.55. The number of ether oxygens (including phenoxy) is 1. The Kier molecular flexibility index (Phi) is 5.39. The van der Waals surface area contributed by atoms with Gasteiger partial charge >= 0.3 is 6.09 Å². The van der Waals surface area contributed by atoms with Gasteiger partial charge in [-0.25, -0.2) is 23.5 Å². The molecule has 3 aromatic rings. The highest BCUT2D eigenvalue weighted by molar-refractivity contribution is 6.31. The average molecular weight is 487 g/mol. The van der Waals surface area contributed by atoms with Gasteiger partial charge in [-0.1, -0.05) is 17.7 Å². The van der Waals surface area contributed by atoms with Gasteiger partial charge in [0.05, 0.1) is 11.2 Å². The monoisotopic (exact) mass is 486 g/mol. The second-order valence-electron chi connectivity index (χ2n) is 10.1. The maximum atomic E-state index is 14.4. The lowest BCUT2D eigenvalue weighted by atomic mass is 9.59. The van der Waals surface area contributed by atoms with Crippen LogP contribution in [0.3, 0.4) is 0 Å². The molecule has 5 rings (SSSR count). The lowest BCUT2D eigenvalue weighted by molar-refractivity contribution is -0.0880. The molecular weight excluding hydrogens is 462 g/mol. The van der Waals surface area contributed by atoms with Gasteiger partial charge in [-0.15, -0.1) is 0 Å². The minimum atomic E-state index is -0.877. The van der Waals surface area contributed by atoms with Crippen molar-refractivity contribution in [2.45, 2.75) is 57.1 Å². The van der Waals surface area contributed by atoms with Crippen molar-refractivity contribution < 1.29 is 18.3 Å². The van der Waals surface area contributed by atoms with Crippen LogP contribution in [0.15, 0.2) is 36.7 Å². The fraction of sp³-hybridized carbons (Fsp3) is 0.400. The Bertz CT molecular complexity index is 1290. The first-order valence-corrected chi connectivity index (χ1v) is 11.6. The summed E-state index contributed by atoms with van der Waals surface area (Å²) in [4.78, 5) is 23.0. The molecule has 1 aromatic heterocycles. The van der Waals surface area contributed by atoms with Gasteiger partial charge in [-0.05, 0) is 75.8 Å². The third-order valence-electron chi connectivity index (χ3n) is 6.66. The maximum absolute atomic E-state index is 14.4. The van der Waals surface area contributed by atoms with Crippen LogP contribution in [0.5, 0.6) is 0 Å². The van der Waals surface area contributed by atoms with Crippen LogP contribution < -0.4 is 5.32 Å². The number of amides is 1. The van der Waals surface area contributed by atoms with E-state index in [1.807, 2.05) is 43.9 Å². The Balaban J connectivity index is 1.37. The first-order chi connectivity index (χ1) is 16.1. The zero-order valence-corrected chi connectivity index (χ0v) is 19.9. The summed E-state index contributed by atoms with van der Waals surface area (Å²) in [5.74, 6) is -1.02. The van der Waals surface area contributed by atoms with E-state index in [1.54, 1.807) is 0 Å². The smallest absolute Gasteiger partial charge is 0.410 e. The van der Waals surface area contributed by atoms with Crippen LogP contribution in [0.1, 0.15) is 51.5 Å². The molecule has 0 bridgehead atoms. The van der Waals surface area contributed by atoms with Crippen LogP contribution >= 0.6 is 11.6 Å². The van der Waals surface area contributed by atoms with Gasteiger partial charge in [0.2, 0.25) is 0 Å². The van der Waals surface area contributed by atoms with E-state index in [9.17, 15) is 13.6 Å². The van der Waals surface area contributed by atoms with Crippen LogP contribution in [0, 0.1) is 11.6 Å². The molecular formula is C25H25ClF2N4O2. The first-order valence-electron chi connectivity index (χ1n) is 11.2. The lowest BCUT2D eigenvalue weighted by Crippen LogP contribution is -2.68. The summed E-state index contributed by atoms with van der Waals surface area (Å²) in [6, 6.07) is 8.32. The third-order valence-corrected chi connectivity index (χ3v) is 7.01. The Morgan fingerprint density at radius 2 is 1.97 bits per heavy atom. The fourth-order valence-electron chi connectivity index (χ4n) is 4.84. The second kappa shape index (κ2) is 8.05. The van der Waals surface area contributed by atoms with E-state index < -0.39 is 22.3 Å². The van der Waals surface area contributed by atoms with Crippen molar-refractivity contribution in [3.05, 3.63) is 58.9 Å². The van der Waals surface area contributed by atoms with Gasteiger partial charge in [0, 0.05) is 17.5 Å². The van der Waals surface area contributed by atoms with E-state index in [4.69, 9.17) is 16.3 Å². The van der Waals surface area contributed by atoms with Crippen molar-refractivity contribution in [2.75, 3.05) is 11.9 Å². The summed E-state index contributed by atoms with van der Waals surface area (Å²) >= 11 is 5.72. The molecule has 0 radical (unpaired) electrons. The molecule has 2 heterocycles. The summed E-state index contributed by atoms with van der Waals surface area (Å²) in [7, 11) is 0. The number of anilines is 2. The number of hydrogen-bond acceptors (Lipinski definition) is 5. The van der Waals surface area contributed by atoms with Gasteiger partial charge < -0.3 is 15.0 Å². The van der Waals surface area contributed by atoms with Crippen molar-refractivity contribution in [2.24, 2.45) is 0 Å². The van der Waals surface area contributed by atoms with Gasteiger partial charge in [-0.3, -0.25) is 0 Å². The van der Waals surface area contributed by atoms with Crippen molar-refractivity contribution in [3.63, 3.8) is 0 Å². The predicted octanol–water partition coefficient (Wildman–Crippen LogP) is 6.56. The highest BCUT2D eigenvalue weighted by Gasteiger charge is 2.57. The largest absolute Gasteiger partial charge is 0.444 e. The number of nitrogens with zero attached hydrogens (tertiary/aromatic N) is 3. The number of carbonyl (C=O) groups excluding carboxylic acids is 1. The molecule has 1 spiro atoms. The van der Waals surface area contributed by atoms with Gasteiger partial charge in [0.25, 0.3) is 0 Å². The van der Waals surface area contributed by atoms with E-state index in [-0.39, 0.29) is 23.2 Å². The molecule has 2 aromatic carbocycles. The topological polar surface area (TPSA) is 67.3 Å². The Labute approximate surface area is 201 Å². The number of rotatable bonds is 3. The van der Waals surface area contributed by atoms with E-state index in [0.717, 1.165) is 36.3 Å². The summed E-state index contributed by atoms with van der Waals surface area (Å²) < 4.78 is 33.5. The number of hydrogen-bond donors (Lipinski definition) is 1. The van der Waals surface area contributed by atoms with E-state index in [0.29, 0.717) is 17.9 Å². The zero-order valence-electron chi connectivity index (χ0n) is 19.2. The highest BCUT2D eigenvalue weighted by atomic mass is 35.5. The van der Waals surface area contributed by atoms with Crippen molar-refractivity contribution >= 4 is 40.1 Å². The normalized spacial score (nSPS) is 21.8. The number of halogens is 3. The summed E-state index contributed by atoms with van der Waals surface area (Å²) in [5.41, 5.74) is 1.17. The SMILES string of the molecule is CC(C)(C)OC(=O)N1CCC12CC(c1ccc3ncnc(Nc4ccc(F)c(Cl)c4F)c3c1)C2. The molecule has 6 nitrogen and oxygen atoms in total. The fourth-order valence-corrected chi connectivity index (χ4v) is 5.00. The van der Waals surface area contributed by atoms with Crippen LogP contribution in [0.2, 0.25) is 5.02 Å². The standard InChI is InChI=1S/C25H25ClF2N4O2/c1-24(2,3)34-23(33)32-9-8-25(32)11-15(12-25)14-4-6-18-16(10-14)22(30-13-29-18)31-19-7-5-17(27)20(26)21(19)28/h4-7,10,13,15H,8-9,11-12H2,1-3H3,(H,29,30,31). The minimum absolute atomic E-state index is 0.0295. The number of benzene rings is 2. The molecule has 2 aliphatic rings. The van der Waals surface area contributed by atoms with E-state index >= 15 is 0 Å². The number of fused-ring (bicyclic) bond motifs is 1. The van der Waals surface area contributed by atoms with Gasteiger partial charge in [-0.2, -0.15) is 0 Å². The average Bonchev–Trinajstić information content (AvgIpc) is 2.71. The predicted molar refractivity (Wildman–Crippen MR) is 126 cm³/mol. The number of likely N-dealkylation sites (tertiary alicyclic amines) is 1. The summed E-state index contributed by atoms with van der Waals surface area (Å²) in [6.45, 7) is 6.33. The molecule has 0 unspecified atom stereocenters. The number of carbonyl (C=O) groups is 1. The second-order valence-corrected chi connectivity index (χ2v) is 10.4. The minimum Gasteiger partial charge on any atom is -0.444 e. The van der Waals surface area contributed by atoms with Crippen molar-refractivity contribution in [1.29, 1.82) is 0 Å². The van der Waals surface area contributed by atoms with Crippen molar-refractivity contribution in [3.8, 4) is 0 Å². The number of aromatic nitrogens is 2. The van der Waals surface area contributed by atoms with Crippen LogP contribution in [-0.2, 0) is 4.74 Å². The molecule has 1 aliphatic carbocycles. The van der Waals surface area contributed by atoms with Gasteiger partial charge in [0.1, 0.15) is 28.6 Å². The maximum Gasteiger partial charge on any atom is 0.410 e. The van der Waals surface area contributed by atoms with Crippen LogP contribution in [-0.4, -0.2) is 38.6 Å². The lowest BCUT2D eigenvalue weighted by Gasteiger charge is -2.61. The summed E-state index contributed by atoms with van der Waals surface area (Å²) in [5, 5.41) is 3.07. The molecule has 178 valence electrons. The van der Waals surface area contributed by atoms with Crippen molar-refractivity contribution in [1.82, 2.24) is 14.9 Å². The zero-order chi connectivity index (χ0) is 24.3. The molecule has 1 saturated carbocycles. The molecule has 34 heavy (non-hydrogen) atoms. The Morgan fingerprint density at radius 3 is 2.65 bits per heavy atom. The van der Waals surface area contributed by atoms with Gasteiger partial charge in [0.15, 0.2) is 5.82 Å². The summed E-state index contributed by atoms with van der Waals surface area (Å²) in [6.07, 6.45) is 3.82.